The monoisotopic (exact) mass is 279 g/mol. The van der Waals surface area contributed by atoms with E-state index in [9.17, 15) is 4.79 Å². The first-order chi connectivity index (χ1) is 9.72. The van der Waals surface area contributed by atoms with Gasteiger partial charge in [0.1, 0.15) is 5.75 Å². The summed E-state index contributed by atoms with van der Waals surface area (Å²) in [5, 5.41) is 2.88. The standard InChI is InChI=1S/C14H21N3O3/c1-19-10-11-4-6-17(9-11)14(18)16-8-12-7-13(20-2)3-5-15-12/h3,5,7,11H,4,6,8-10H2,1-2H3,(H,16,18). The second-order valence-corrected chi connectivity index (χ2v) is 4.90. The van der Waals surface area contributed by atoms with E-state index in [0.29, 0.717) is 19.1 Å². The van der Waals surface area contributed by atoms with Gasteiger partial charge in [-0.1, -0.05) is 0 Å². The number of ether oxygens (including phenoxy) is 2. The fourth-order valence-electron chi connectivity index (χ4n) is 2.35. The lowest BCUT2D eigenvalue weighted by Gasteiger charge is -2.17. The Kier molecular flexibility index (Phi) is 5.17. The number of amides is 2. The van der Waals surface area contributed by atoms with Gasteiger partial charge in [-0.25, -0.2) is 4.79 Å². The normalized spacial score (nSPS) is 18.1. The first kappa shape index (κ1) is 14.6. The second kappa shape index (κ2) is 7.09. The predicted octanol–water partition coefficient (Wildman–Crippen LogP) is 1.27. The quantitative estimate of drug-likeness (QED) is 0.881. The Labute approximate surface area is 119 Å². The van der Waals surface area contributed by atoms with Gasteiger partial charge < -0.3 is 19.7 Å². The van der Waals surface area contributed by atoms with Crippen LogP contribution in [0.15, 0.2) is 18.3 Å². The van der Waals surface area contributed by atoms with Crippen LogP contribution in [0.4, 0.5) is 4.79 Å². The van der Waals surface area contributed by atoms with Crippen LogP contribution < -0.4 is 10.1 Å². The van der Waals surface area contributed by atoms with Crippen molar-refractivity contribution in [2.45, 2.75) is 13.0 Å². The van der Waals surface area contributed by atoms with Crippen LogP contribution in [0.25, 0.3) is 0 Å². The lowest BCUT2D eigenvalue weighted by atomic mass is 10.1. The summed E-state index contributed by atoms with van der Waals surface area (Å²) in [5.74, 6) is 1.19. The molecule has 1 aromatic heterocycles. The highest BCUT2D eigenvalue weighted by Crippen LogP contribution is 2.16. The minimum atomic E-state index is -0.0479. The highest BCUT2D eigenvalue weighted by atomic mass is 16.5. The SMILES string of the molecule is COCC1CCN(C(=O)NCc2cc(OC)ccn2)C1. The number of pyridine rings is 1. The van der Waals surface area contributed by atoms with Gasteiger partial charge in [-0.15, -0.1) is 0 Å². The topological polar surface area (TPSA) is 63.7 Å². The molecule has 1 aliphatic heterocycles. The fourth-order valence-corrected chi connectivity index (χ4v) is 2.35. The molecule has 1 aliphatic rings. The Balaban J connectivity index is 1.80. The van der Waals surface area contributed by atoms with E-state index in [1.54, 1.807) is 26.5 Å². The molecule has 2 heterocycles. The molecule has 1 atom stereocenters. The fraction of sp³-hybridized carbons (Fsp3) is 0.571. The van der Waals surface area contributed by atoms with E-state index in [-0.39, 0.29) is 6.03 Å². The van der Waals surface area contributed by atoms with Gasteiger partial charge in [-0.3, -0.25) is 4.98 Å². The molecule has 1 fully saturated rings. The molecule has 0 spiro atoms. The predicted molar refractivity (Wildman–Crippen MR) is 74.6 cm³/mol. The van der Waals surface area contributed by atoms with Crippen molar-refractivity contribution in [3.63, 3.8) is 0 Å². The van der Waals surface area contributed by atoms with Crippen molar-refractivity contribution in [1.29, 1.82) is 0 Å². The van der Waals surface area contributed by atoms with Crippen LogP contribution in [-0.2, 0) is 11.3 Å². The number of nitrogens with zero attached hydrogens (tertiary/aromatic N) is 2. The maximum atomic E-state index is 12.0. The van der Waals surface area contributed by atoms with Gasteiger partial charge in [0.25, 0.3) is 0 Å². The van der Waals surface area contributed by atoms with Crippen molar-refractivity contribution in [2.75, 3.05) is 33.9 Å². The van der Waals surface area contributed by atoms with Crippen molar-refractivity contribution >= 4 is 6.03 Å². The number of methoxy groups -OCH3 is 2. The van der Waals surface area contributed by atoms with E-state index in [0.717, 1.165) is 31.0 Å². The molecule has 2 amide bonds. The summed E-state index contributed by atoms with van der Waals surface area (Å²) in [7, 11) is 3.30. The molecule has 2 rings (SSSR count). The van der Waals surface area contributed by atoms with E-state index in [4.69, 9.17) is 9.47 Å². The molecule has 0 aromatic carbocycles. The Morgan fingerprint density at radius 2 is 2.40 bits per heavy atom. The molecule has 110 valence electrons. The highest BCUT2D eigenvalue weighted by Gasteiger charge is 2.25. The molecule has 0 radical (unpaired) electrons. The maximum Gasteiger partial charge on any atom is 0.317 e. The van der Waals surface area contributed by atoms with Gasteiger partial charge in [0, 0.05) is 38.4 Å². The molecule has 1 saturated heterocycles. The van der Waals surface area contributed by atoms with Crippen LogP contribution in [-0.4, -0.2) is 49.8 Å². The summed E-state index contributed by atoms with van der Waals surface area (Å²) in [6.07, 6.45) is 2.67. The third-order valence-electron chi connectivity index (χ3n) is 3.42. The molecule has 20 heavy (non-hydrogen) atoms. The molecule has 0 bridgehead atoms. The van der Waals surface area contributed by atoms with Gasteiger partial charge in [0.2, 0.25) is 0 Å². The van der Waals surface area contributed by atoms with Crippen LogP contribution in [0.2, 0.25) is 0 Å². The van der Waals surface area contributed by atoms with Crippen molar-refractivity contribution < 1.29 is 14.3 Å². The molecule has 6 nitrogen and oxygen atoms in total. The van der Waals surface area contributed by atoms with Crippen molar-refractivity contribution in [1.82, 2.24) is 15.2 Å². The zero-order valence-corrected chi connectivity index (χ0v) is 12.0. The first-order valence-electron chi connectivity index (χ1n) is 6.73. The number of rotatable bonds is 5. The average molecular weight is 279 g/mol. The molecule has 6 heteroatoms. The number of carbonyl (C=O) groups excluding carboxylic acids is 1. The lowest BCUT2D eigenvalue weighted by Crippen LogP contribution is -2.38. The van der Waals surface area contributed by atoms with E-state index in [1.807, 2.05) is 11.0 Å². The number of likely N-dealkylation sites (tertiary alicyclic amines) is 1. The maximum absolute atomic E-state index is 12.0. The van der Waals surface area contributed by atoms with Gasteiger partial charge >= 0.3 is 6.03 Å². The first-order valence-corrected chi connectivity index (χ1v) is 6.73. The summed E-state index contributed by atoms with van der Waals surface area (Å²) in [5.41, 5.74) is 0.783. The summed E-state index contributed by atoms with van der Waals surface area (Å²) in [4.78, 5) is 18.1. The van der Waals surface area contributed by atoms with Crippen LogP contribution >= 0.6 is 0 Å². The van der Waals surface area contributed by atoms with Gasteiger partial charge in [-0.2, -0.15) is 0 Å². The summed E-state index contributed by atoms with van der Waals surface area (Å²) >= 11 is 0. The smallest absolute Gasteiger partial charge is 0.317 e. The second-order valence-electron chi connectivity index (χ2n) is 4.90. The Morgan fingerprint density at radius 1 is 1.55 bits per heavy atom. The number of aromatic nitrogens is 1. The third-order valence-corrected chi connectivity index (χ3v) is 3.42. The van der Waals surface area contributed by atoms with Crippen LogP contribution in [0.3, 0.4) is 0 Å². The third kappa shape index (κ3) is 3.84. The van der Waals surface area contributed by atoms with Gasteiger partial charge in [-0.05, 0) is 12.5 Å². The Morgan fingerprint density at radius 3 is 3.15 bits per heavy atom. The summed E-state index contributed by atoms with van der Waals surface area (Å²) < 4.78 is 10.3. The number of hydrogen-bond acceptors (Lipinski definition) is 4. The van der Waals surface area contributed by atoms with Crippen molar-refractivity contribution in [2.24, 2.45) is 5.92 Å². The largest absolute Gasteiger partial charge is 0.497 e. The molecule has 1 aromatic rings. The minimum absolute atomic E-state index is 0.0479. The molecule has 1 N–H and O–H groups in total. The Hall–Kier alpha value is -1.82. The Bertz CT molecular complexity index is 453. The van der Waals surface area contributed by atoms with Gasteiger partial charge in [0.05, 0.1) is 26.0 Å². The number of urea groups is 1. The molecular weight excluding hydrogens is 258 g/mol. The minimum Gasteiger partial charge on any atom is -0.497 e. The number of nitrogens with one attached hydrogen (secondary N) is 1. The van der Waals surface area contributed by atoms with Crippen LogP contribution in [0.1, 0.15) is 12.1 Å². The molecular formula is C14H21N3O3. The summed E-state index contributed by atoms with van der Waals surface area (Å²) in [6.45, 7) is 2.65. The van der Waals surface area contributed by atoms with Gasteiger partial charge in [0.15, 0.2) is 0 Å². The van der Waals surface area contributed by atoms with E-state index in [1.165, 1.54) is 0 Å². The van der Waals surface area contributed by atoms with Crippen molar-refractivity contribution in [3.05, 3.63) is 24.0 Å². The van der Waals surface area contributed by atoms with Crippen LogP contribution in [0.5, 0.6) is 5.75 Å². The van der Waals surface area contributed by atoms with E-state index in [2.05, 4.69) is 10.3 Å². The van der Waals surface area contributed by atoms with E-state index >= 15 is 0 Å². The van der Waals surface area contributed by atoms with Crippen LogP contribution in [0, 0.1) is 5.92 Å². The average Bonchev–Trinajstić information content (AvgIpc) is 2.94. The molecule has 0 aliphatic carbocycles. The summed E-state index contributed by atoms with van der Waals surface area (Å²) in [6, 6.07) is 3.55. The highest BCUT2D eigenvalue weighted by molar-refractivity contribution is 5.74. The zero-order valence-electron chi connectivity index (χ0n) is 12.0. The zero-order chi connectivity index (χ0) is 14.4. The number of carbonyl (C=O) groups is 1. The lowest BCUT2D eigenvalue weighted by molar-refractivity contribution is 0.153. The number of hydrogen-bond donors (Lipinski definition) is 1. The van der Waals surface area contributed by atoms with E-state index < -0.39 is 0 Å². The van der Waals surface area contributed by atoms with Crippen molar-refractivity contribution in [3.8, 4) is 5.75 Å². The molecule has 0 saturated carbocycles. The molecule has 1 unspecified atom stereocenters.